The first-order valence-corrected chi connectivity index (χ1v) is 8.54. The van der Waals surface area contributed by atoms with E-state index >= 15 is 0 Å². The van der Waals surface area contributed by atoms with Crippen LogP contribution in [0.4, 0.5) is 0 Å². The number of likely N-dealkylation sites (tertiary alicyclic amines) is 1. The molecule has 1 fully saturated rings. The molecule has 23 heavy (non-hydrogen) atoms. The van der Waals surface area contributed by atoms with Gasteiger partial charge in [0.25, 0.3) is 0 Å². The first-order valence-electron chi connectivity index (χ1n) is 8.54. The van der Waals surface area contributed by atoms with Gasteiger partial charge in [0.1, 0.15) is 0 Å². The van der Waals surface area contributed by atoms with Crippen LogP contribution in [-0.4, -0.2) is 48.0 Å². The Morgan fingerprint density at radius 3 is 2.87 bits per heavy atom. The van der Waals surface area contributed by atoms with Crippen LogP contribution in [0.2, 0.25) is 0 Å². The maximum Gasteiger partial charge on any atom is 0.237 e. The number of nitrogens with one attached hydrogen (secondary N) is 2. The predicted molar refractivity (Wildman–Crippen MR) is 93.3 cm³/mol. The van der Waals surface area contributed by atoms with Gasteiger partial charge in [0.05, 0.1) is 6.04 Å². The molecule has 2 heterocycles. The monoisotopic (exact) mass is 314 g/mol. The summed E-state index contributed by atoms with van der Waals surface area (Å²) >= 11 is 0. The zero-order valence-electron chi connectivity index (χ0n) is 13.6. The SMILES string of the molecule is N[C@@H](Cc1c[nH]c2ccccc12)C(=O)NCCN1CCCCC1. The molecule has 4 N–H and O–H groups in total. The highest BCUT2D eigenvalue weighted by Crippen LogP contribution is 2.18. The number of hydrogen-bond acceptors (Lipinski definition) is 3. The van der Waals surface area contributed by atoms with Gasteiger partial charge in [-0.15, -0.1) is 0 Å². The van der Waals surface area contributed by atoms with Crippen molar-refractivity contribution in [2.75, 3.05) is 26.2 Å². The molecule has 1 saturated heterocycles. The number of carbonyl (C=O) groups is 1. The van der Waals surface area contributed by atoms with Gasteiger partial charge in [-0.3, -0.25) is 4.79 Å². The fraction of sp³-hybridized carbons (Fsp3) is 0.500. The largest absolute Gasteiger partial charge is 0.361 e. The number of fused-ring (bicyclic) bond motifs is 1. The van der Waals surface area contributed by atoms with Crippen LogP contribution < -0.4 is 11.1 Å². The lowest BCUT2D eigenvalue weighted by Gasteiger charge is -2.26. The molecule has 1 aliphatic heterocycles. The van der Waals surface area contributed by atoms with Crippen LogP contribution in [0.25, 0.3) is 10.9 Å². The van der Waals surface area contributed by atoms with E-state index in [0.29, 0.717) is 13.0 Å². The molecular formula is C18H26N4O. The van der Waals surface area contributed by atoms with Gasteiger partial charge in [0, 0.05) is 30.2 Å². The van der Waals surface area contributed by atoms with Crippen molar-refractivity contribution in [2.45, 2.75) is 31.7 Å². The number of rotatable bonds is 6. The number of amides is 1. The standard InChI is InChI=1S/C18H26N4O/c19-16(12-14-13-21-17-7-3-2-6-15(14)17)18(23)20-8-11-22-9-4-1-5-10-22/h2-3,6-7,13,16,21H,1,4-5,8-12,19H2,(H,20,23)/t16-/m0/s1. The van der Waals surface area contributed by atoms with E-state index in [-0.39, 0.29) is 5.91 Å². The summed E-state index contributed by atoms with van der Waals surface area (Å²) in [5.41, 5.74) is 8.26. The zero-order chi connectivity index (χ0) is 16.1. The van der Waals surface area contributed by atoms with E-state index in [1.54, 1.807) is 0 Å². The third-order valence-electron chi connectivity index (χ3n) is 4.63. The summed E-state index contributed by atoms with van der Waals surface area (Å²) in [6.07, 6.45) is 6.38. The van der Waals surface area contributed by atoms with Crippen molar-refractivity contribution in [2.24, 2.45) is 5.73 Å². The molecule has 0 saturated carbocycles. The van der Waals surface area contributed by atoms with E-state index in [2.05, 4.69) is 21.3 Å². The first kappa shape index (κ1) is 16.0. The number of nitrogens with zero attached hydrogens (tertiary/aromatic N) is 1. The third-order valence-corrected chi connectivity index (χ3v) is 4.63. The molecule has 0 spiro atoms. The Hall–Kier alpha value is -1.85. The maximum absolute atomic E-state index is 12.2. The van der Waals surface area contributed by atoms with Gasteiger partial charge in [-0.05, 0) is 44.0 Å². The first-order chi connectivity index (χ1) is 11.2. The van der Waals surface area contributed by atoms with Gasteiger partial charge >= 0.3 is 0 Å². The number of aromatic amines is 1. The molecule has 1 aromatic heterocycles. The lowest BCUT2D eigenvalue weighted by Crippen LogP contribution is -2.45. The van der Waals surface area contributed by atoms with E-state index in [0.717, 1.165) is 36.1 Å². The molecule has 1 atom stereocenters. The Kier molecular flexibility index (Phi) is 5.31. The molecule has 124 valence electrons. The molecule has 1 amide bonds. The van der Waals surface area contributed by atoms with Crippen LogP contribution >= 0.6 is 0 Å². The minimum atomic E-state index is -0.504. The predicted octanol–water partition coefficient (Wildman–Crippen LogP) is 1.64. The topological polar surface area (TPSA) is 74.1 Å². The minimum Gasteiger partial charge on any atom is -0.361 e. The highest BCUT2D eigenvalue weighted by Gasteiger charge is 2.16. The molecule has 5 heteroatoms. The second-order valence-electron chi connectivity index (χ2n) is 6.36. The summed E-state index contributed by atoms with van der Waals surface area (Å²) in [5, 5.41) is 4.12. The van der Waals surface area contributed by atoms with Crippen molar-refractivity contribution in [3.8, 4) is 0 Å². The van der Waals surface area contributed by atoms with Crippen molar-refractivity contribution in [3.63, 3.8) is 0 Å². The highest BCUT2D eigenvalue weighted by atomic mass is 16.2. The van der Waals surface area contributed by atoms with Crippen LogP contribution in [-0.2, 0) is 11.2 Å². The summed E-state index contributed by atoms with van der Waals surface area (Å²) in [4.78, 5) is 17.8. The van der Waals surface area contributed by atoms with E-state index < -0.39 is 6.04 Å². The van der Waals surface area contributed by atoms with Crippen LogP contribution in [0.1, 0.15) is 24.8 Å². The van der Waals surface area contributed by atoms with Gasteiger partial charge in [-0.1, -0.05) is 24.6 Å². The number of carbonyl (C=O) groups excluding carboxylic acids is 1. The zero-order valence-corrected chi connectivity index (χ0v) is 13.6. The van der Waals surface area contributed by atoms with Crippen LogP contribution in [0.3, 0.4) is 0 Å². The van der Waals surface area contributed by atoms with Gasteiger partial charge < -0.3 is 20.9 Å². The molecule has 0 aliphatic carbocycles. The summed E-state index contributed by atoms with van der Waals surface area (Å²) < 4.78 is 0. The normalized spacial score (nSPS) is 17.3. The smallest absolute Gasteiger partial charge is 0.237 e. The number of hydrogen-bond donors (Lipinski definition) is 3. The number of piperidine rings is 1. The number of H-pyrrole nitrogens is 1. The Morgan fingerprint density at radius 1 is 1.26 bits per heavy atom. The summed E-state index contributed by atoms with van der Waals surface area (Å²) in [7, 11) is 0. The quantitative estimate of drug-likeness (QED) is 0.759. The highest BCUT2D eigenvalue weighted by molar-refractivity contribution is 5.86. The van der Waals surface area contributed by atoms with Gasteiger partial charge in [-0.2, -0.15) is 0 Å². The van der Waals surface area contributed by atoms with Crippen LogP contribution in [0.5, 0.6) is 0 Å². The molecule has 5 nitrogen and oxygen atoms in total. The molecule has 0 bridgehead atoms. The van der Waals surface area contributed by atoms with Gasteiger partial charge in [-0.25, -0.2) is 0 Å². The molecule has 2 aromatic rings. The Morgan fingerprint density at radius 2 is 2.04 bits per heavy atom. The number of para-hydroxylation sites is 1. The Balaban J connectivity index is 1.47. The van der Waals surface area contributed by atoms with E-state index in [9.17, 15) is 4.79 Å². The van der Waals surface area contributed by atoms with Crippen molar-refractivity contribution < 1.29 is 4.79 Å². The molecule has 1 aromatic carbocycles. The lowest BCUT2D eigenvalue weighted by molar-refractivity contribution is -0.122. The average Bonchev–Trinajstić information content (AvgIpc) is 2.99. The Labute approximate surface area is 137 Å². The molecule has 3 rings (SSSR count). The Bertz CT molecular complexity index is 645. The van der Waals surface area contributed by atoms with Crippen LogP contribution in [0.15, 0.2) is 30.5 Å². The van der Waals surface area contributed by atoms with E-state index in [1.807, 2.05) is 24.4 Å². The second kappa shape index (κ2) is 7.62. The summed E-state index contributed by atoms with van der Waals surface area (Å²) in [6.45, 7) is 3.90. The summed E-state index contributed by atoms with van der Waals surface area (Å²) in [6, 6.07) is 7.58. The van der Waals surface area contributed by atoms with Crippen molar-refractivity contribution in [3.05, 3.63) is 36.0 Å². The van der Waals surface area contributed by atoms with Crippen LogP contribution in [0, 0.1) is 0 Å². The van der Waals surface area contributed by atoms with Crippen molar-refractivity contribution >= 4 is 16.8 Å². The lowest BCUT2D eigenvalue weighted by atomic mass is 10.1. The van der Waals surface area contributed by atoms with E-state index in [4.69, 9.17) is 5.73 Å². The van der Waals surface area contributed by atoms with Crippen molar-refractivity contribution in [1.29, 1.82) is 0 Å². The number of aromatic nitrogens is 1. The molecular weight excluding hydrogens is 288 g/mol. The second-order valence-corrected chi connectivity index (χ2v) is 6.36. The summed E-state index contributed by atoms with van der Waals surface area (Å²) in [5.74, 6) is -0.0627. The average molecular weight is 314 g/mol. The maximum atomic E-state index is 12.2. The van der Waals surface area contributed by atoms with Crippen molar-refractivity contribution in [1.82, 2.24) is 15.2 Å². The molecule has 0 unspecified atom stereocenters. The molecule has 1 aliphatic rings. The fourth-order valence-electron chi connectivity index (χ4n) is 3.28. The number of nitrogens with two attached hydrogens (primary N) is 1. The minimum absolute atomic E-state index is 0.0627. The molecule has 0 radical (unpaired) electrons. The number of benzene rings is 1. The van der Waals surface area contributed by atoms with Gasteiger partial charge in [0.2, 0.25) is 5.91 Å². The fourth-order valence-corrected chi connectivity index (χ4v) is 3.28. The van der Waals surface area contributed by atoms with Gasteiger partial charge in [0.15, 0.2) is 0 Å². The third kappa shape index (κ3) is 4.12. The van der Waals surface area contributed by atoms with E-state index in [1.165, 1.54) is 19.3 Å².